The fourth-order valence-electron chi connectivity index (χ4n) is 3.33. The molecule has 1 fully saturated rings. The van der Waals surface area contributed by atoms with Crippen molar-refractivity contribution in [1.29, 1.82) is 0 Å². The number of aliphatic hydroxyl groups is 1. The maximum absolute atomic E-state index is 13.4. The van der Waals surface area contributed by atoms with E-state index in [0.717, 1.165) is 11.1 Å². The first-order chi connectivity index (χ1) is 12.1. The van der Waals surface area contributed by atoms with Gasteiger partial charge in [0.25, 0.3) is 0 Å². The molecule has 0 aliphatic carbocycles. The van der Waals surface area contributed by atoms with E-state index in [1.165, 1.54) is 17.0 Å². The van der Waals surface area contributed by atoms with E-state index in [1.54, 1.807) is 6.07 Å². The lowest BCUT2D eigenvalue weighted by molar-refractivity contribution is -0.218. The molecule has 2 heterocycles. The number of carbonyl (C=O) groups excluding carboxylic acids is 1. The number of aryl methyl sites for hydroxylation is 1. The Balaban J connectivity index is 1.39. The summed E-state index contributed by atoms with van der Waals surface area (Å²) >= 11 is 0. The molecule has 1 saturated heterocycles. The standard InChI is InChI=1S/C19H18FNO4/c20-15-7-6-14-8-9-19(25-16(14)10-15)12-21(17(19)22)18(23)24-11-13-4-2-1-3-5-13/h1-7,10,17,22H,8-9,11-12H2. The van der Waals surface area contributed by atoms with Crippen LogP contribution in [0.25, 0.3) is 0 Å². The molecule has 2 aromatic rings. The van der Waals surface area contributed by atoms with E-state index in [-0.39, 0.29) is 19.0 Å². The number of likely N-dealkylation sites (tertiary alicyclic amines) is 1. The zero-order chi connectivity index (χ0) is 17.4. The van der Waals surface area contributed by atoms with Crippen molar-refractivity contribution in [1.82, 2.24) is 4.90 Å². The summed E-state index contributed by atoms with van der Waals surface area (Å²) < 4.78 is 24.5. The first-order valence-electron chi connectivity index (χ1n) is 8.20. The Labute approximate surface area is 144 Å². The Kier molecular flexibility index (Phi) is 3.84. The van der Waals surface area contributed by atoms with E-state index < -0.39 is 17.9 Å². The summed E-state index contributed by atoms with van der Waals surface area (Å²) in [4.78, 5) is 13.4. The Morgan fingerprint density at radius 2 is 2.12 bits per heavy atom. The summed E-state index contributed by atoms with van der Waals surface area (Å²) in [5, 5.41) is 10.5. The van der Waals surface area contributed by atoms with Crippen LogP contribution in [0.5, 0.6) is 5.75 Å². The Morgan fingerprint density at radius 1 is 1.32 bits per heavy atom. The van der Waals surface area contributed by atoms with Crippen molar-refractivity contribution < 1.29 is 23.8 Å². The van der Waals surface area contributed by atoms with Gasteiger partial charge in [-0.25, -0.2) is 9.18 Å². The van der Waals surface area contributed by atoms with Crippen LogP contribution in [0.15, 0.2) is 48.5 Å². The maximum atomic E-state index is 13.4. The summed E-state index contributed by atoms with van der Waals surface area (Å²) in [5.41, 5.74) is 0.898. The monoisotopic (exact) mass is 343 g/mol. The third-order valence-electron chi connectivity index (χ3n) is 4.80. The van der Waals surface area contributed by atoms with Crippen LogP contribution in [-0.2, 0) is 17.8 Å². The molecular weight excluding hydrogens is 325 g/mol. The second kappa shape index (κ2) is 6.04. The van der Waals surface area contributed by atoms with Gasteiger partial charge in [0.05, 0.1) is 6.54 Å². The molecular formula is C19H18FNO4. The third-order valence-corrected chi connectivity index (χ3v) is 4.80. The van der Waals surface area contributed by atoms with Gasteiger partial charge in [0.1, 0.15) is 18.2 Å². The van der Waals surface area contributed by atoms with Crippen LogP contribution in [0.1, 0.15) is 17.5 Å². The highest BCUT2D eigenvalue weighted by molar-refractivity contribution is 5.70. The van der Waals surface area contributed by atoms with Gasteiger partial charge in [-0.2, -0.15) is 0 Å². The van der Waals surface area contributed by atoms with Crippen LogP contribution >= 0.6 is 0 Å². The van der Waals surface area contributed by atoms with Crippen molar-refractivity contribution in [2.24, 2.45) is 0 Å². The number of amides is 1. The number of carbonyl (C=O) groups is 1. The van der Waals surface area contributed by atoms with Crippen molar-refractivity contribution in [3.8, 4) is 5.75 Å². The molecule has 2 aromatic carbocycles. The van der Waals surface area contributed by atoms with Crippen LogP contribution in [-0.4, -0.2) is 34.5 Å². The van der Waals surface area contributed by atoms with Crippen molar-refractivity contribution in [3.05, 3.63) is 65.5 Å². The second-order valence-corrected chi connectivity index (χ2v) is 6.46. The lowest BCUT2D eigenvalue weighted by atomic mass is 9.82. The molecule has 6 heteroatoms. The number of fused-ring (bicyclic) bond motifs is 1. The van der Waals surface area contributed by atoms with Crippen molar-refractivity contribution in [2.45, 2.75) is 31.3 Å². The van der Waals surface area contributed by atoms with Gasteiger partial charge >= 0.3 is 6.09 Å². The Bertz CT molecular complexity index is 797. The smallest absolute Gasteiger partial charge is 0.412 e. The molecule has 5 nitrogen and oxygen atoms in total. The van der Waals surface area contributed by atoms with Gasteiger partial charge in [0, 0.05) is 6.07 Å². The summed E-state index contributed by atoms with van der Waals surface area (Å²) in [6, 6.07) is 13.7. The molecule has 1 N–H and O–H groups in total. The highest BCUT2D eigenvalue weighted by atomic mass is 19.1. The Morgan fingerprint density at radius 3 is 2.88 bits per heavy atom. The summed E-state index contributed by atoms with van der Waals surface area (Å²) in [5.74, 6) is 0.0475. The highest BCUT2D eigenvalue weighted by Crippen LogP contribution is 2.42. The molecule has 0 radical (unpaired) electrons. The topological polar surface area (TPSA) is 59.0 Å². The van der Waals surface area contributed by atoms with Gasteiger partial charge in [0.2, 0.25) is 0 Å². The summed E-state index contributed by atoms with van der Waals surface area (Å²) in [7, 11) is 0. The molecule has 1 spiro atoms. The average Bonchev–Trinajstić information content (AvgIpc) is 2.64. The molecule has 0 aromatic heterocycles. The molecule has 0 bridgehead atoms. The van der Waals surface area contributed by atoms with Gasteiger partial charge in [-0.05, 0) is 30.0 Å². The van der Waals surface area contributed by atoms with Crippen LogP contribution in [0, 0.1) is 5.82 Å². The zero-order valence-electron chi connectivity index (χ0n) is 13.5. The van der Waals surface area contributed by atoms with Crippen LogP contribution in [0.2, 0.25) is 0 Å². The van der Waals surface area contributed by atoms with E-state index in [0.29, 0.717) is 18.6 Å². The maximum Gasteiger partial charge on any atom is 0.412 e. The van der Waals surface area contributed by atoms with Crippen molar-refractivity contribution in [2.75, 3.05) is 6.54 Å². The van der Waals surface area contributed by atoms with Crippen LogP contribution in [0.4, 0.5) is 9.18 Å². The van der Waals surface area contributed by atoms with E-state index >= 15 is 0 Å². The van der Waals surface area contributed by atoms with Gasteiger partial charge in [-0.15, -0.1) is 0 Å². The lowest BCUT2D eigenvalue weighted by Gasteiger charge is -2.54. The van der Waals surface area contributed by atoms with E-state index in [4.69, 9.17) is 9.47 Å². The van der Waals surface area contributed by atoms with Gasteiger partial charge in [-0.3, -0.25) is 4.90 Å². The molecule has 1 amide bonds. The minimum atomic E-state index is -1.10. The predicted molar refractivity (Wildman–Crippen MR) is 87.4 cm³/mol. The van der Waals surface area contributed by atoms with Crippen LogP contribution < -0.4 is 4.74 Å². The normalized spacial score (nSPS) is 24.2. The molecule has 4 rings (SSSR count). The molecule has 2 aliphatic heterocycles. The molecule has 25 heavy (non-hydrogen) atoms. The number of ether oxygens (including phenoxy) is 2. The average molecular weight is 343 g/mol. The minimum Gasteiger partial charge on any atom is -0.480 e. The van der Waals surface area contributed by atoms with Gasteiger partial charge in [-0.1, -0.05) is 36.4 Å². The molecule has 0 saturated carbocycles. The number of aliphatic hydroxyl groups excluding tert-OH is 1. The SMILES string of the molecule is O=C(OCc1ccccc1)N1CC2(CCc3ccc(F)cc3O2)C1O. The number of halogens is 1. The number of hydrogen-bond acceptors (Lipinski definition) is 4. The third kappa shape index (κ3) is 2.82. The van der Waals surface area contributed by atoms with Crippen molar-refractivity contribution >= 4 is 6.09 Å². The highest BCUT2D eigenvalue weighted by Gasteiger charge is 2.58. The van der Waals surface area contributed by atoms with Crippen molar-refractivity contribution in [3.63, 3.8) is 0 Å². The summed E-state index contributed by atoms with van der Waals surface area (Å²) in [6.07, 6.45) is -0.461. The minimum absolute atomic E-state index is 0.144. The zero-order valence-corrected chi connectivity index (χ0v) is 13.5. The Hall–Kier alpha value is -2.60. The largest absolute Gasteiger partial charge is 0.480 e. The first kappa shape index (κ1) is 15.9. The second-order valence-electron chi connectivity index (χ2n) is 6.46. The van der Waals surface area contributed by atoms with Gasteiger partial charge < -0.3 is 14.6 Å². The fourth-order valence-corrected chi connectivity index (χ4v) is 3.33. The number of rotatable bonds is 2. The number of hydrogen-bond donors (Lipinski definition) is 1. The fraction of sp³-hybridized carbons (Fsp3) is 0.316. The molecule has 130 valence electrons. The quantitative estimate of drug-likeness (QED) is 0.911. The molecule has 2 aliphatic rings. The van der Waals surface area contributed by atoms with Gasteiger partial charge in [0.15, 0.2) is 11.8 Å². The van der Waals surface area contributed by atoms with Crippen LogP contribution in [0.3, 0.4) is 0 Å². The first-order valence-corrected chi connectivity index (χ1v) is 8.20. The lowest BCUT2D eigenvalue weighted by Crippen LogP contribution is -2.74. The van der Waals surface area contributed by atoms with E-state index in [2.05, 4.69) is 0 Å². The number of nitrogens with zero attached hydrogens (tertiary/aromatic N) is 1. The molecule has 2 atom stereocenters. The summed E-state index contributed by atoms with van der Waals surface area (Å²) in [6.45, 7) is 0.364. The predicted octanol–water partition coefficient (Wildman–Crippen LogP) is 2.86. The van der Waals surface area contributed by atoms with E-state index in [9.17, 15) is 14.3 Å². The molecule has 2 unspecified atom stereocenters. The van der Waals surface area contributed by atoms with E-state index in [1.807, 2.05) is 30.3 Å². The number of benzene rings is 2.